The second kappa shape index (κ2) is 9.84. The standard InChI is InChI=1S/C22H18F3N3O3/c23-22(24,25)14-31-20-7-6-17(13-27-20)21(30)28-12-15-8-9-26-18(10-15)11-19(29)16-4-2-1-3-5-16/h1-10,13H,11-12,14H2,(H,28,30). The SMILES string of the molecule is O=C(Cc1cc(CNC(=O)c2ccc(OCC(F)(F)F)nc2)ccn1)c1ccccc1. The number of rotatable bonds is 8. The zero-order chi connectivity index (χ0) is 22.3. The van der Waals surface area contributed by atoms with Crippen molar-refractivity contribution in [1.82, 2.24) is 15.3 Å². The molecule has 3 rings (SSSR count). The molecule has 2 aromatic heterocycles. The lowest BCUT2D eigenvalue weighted by Crippen LogP contribution is -2.23. The van der Waals surface area contributed by atoms with Gasteiger partial charge in [-0.3, -0.25) is 14.6 Å². The quantitative estimate of drug-likeness (QED) is 0.552. The first-order chi connectivity index (χ1) is 14.8. The van der Waals surface area contributed by atoms with Gasteiger partial charge in [0, 0.05) is 36.3 Å². The zero-order valence-electron chi connectivity index (χ0n) is 16.2. The van der Waals surface area contributed by atoms with Gasteiger partial charge in [-0.15, -0.1) is 0 Å². The molecule has 1 amide bonds. The fourth-order valence-corrected chi connectivity index (χ4v) is 2.67. The van der Waals surface area contributed by atoms with Crippen LogP contribution in [0.5, 0.6) is 5.88 Å². The van der Waals surface area contributed by atoms with Crippen LogP contribution in [0.2, 0.25) is 0 Å². The minimum Gasteiger partial charge on any atom is -0.468 e. The summed E-state index contributed by atoms with van der Waals surface area (Å²) < 4.78 is 41.0. The van der Waals surface area contributed by atoms with Crippen LogP contribution in [0.4, 0.5) is 13.2 Å². The van der Waals surface area contributed by atoms with Gasteiger partial charge in [0.05, 0.1) is 12.0 Å². The summed E-state index contributed by atoms with van der Waals surface area (Å²) in [6, 6.07) is 14.8. The number of Topliss-reactive ketones (excluding diaryl/α,β-unsaturated/α-hetero) is 1. The summed E-state index contributed by atoms with van der Waals surface area (Å²) >= 11 is 0. The number of carbonyl (C=O) groups excluding carboxylic acids is 2. The van der Waals surface area contributed by atoms with Crippen molar-refractivity contribution in [3.8, 4) is 5.88 Å². The number of aromatic nitrogens is 2. The Morgan fingerprint density at radius 2 is 1.74 bits per heavy atom. The van der Waals surface area contributed by atoms with Crippen LogP contribution in [-0.2, 0) is 13.0 Å². The number of hydrogen-bond acceptors (Lipinski definition) is 5. The molecule has 0 saturated heterocycles. The van der Waals surface area contributed by atoms with Gasteiger partial charge in [-0.1, -0.05) is 30.3 Å². The van der Waals surface area contributed by atoms with Crippen LogP contribution >= 0.6 is 0 Å². The molecule has 3 aromatic rings. The first-order valence-electron chi connectivity index (χ1n) is 9.26. The van der Waals surface area contributed by atoms with Crippen LogP contribution in [0.25, 0.3) is 0 Å². The normalized spacial score (nSPS) is 11.1. The van der Waals surface area contributed by atoms with Gasteiger partial charge in [-0.2, -0.15) is 13.2 Å². The van der Waals surface area contributed by atoms with Gasteiger partial charge in [0.2, 0.25) is 5.88 Å². The van der Waals surface area contributed by atoms with Crippen LogP contribution < -0.4 is 10.1 Å². The number of nitrogens with zero attached hydrogens (tertiary/aromatic N) is 2. The third kappa shape index (κ3) is 6.91. The van der Waals surface area contributed by atoms with Crippen molar-refractivity contribution < 1.29 is 27.5 Å². The molecule has 9 heteroatoms. The smallest absolute Gasteiger partial charge is 0.422 e. The highest BCUT2D eigenvalue weighted by Crippen LogP contribution is 2.17. The van der Waals surface area contributed by atoms with Gasteiger partial charge in [0.25, 0.3) is 5.91 Å². The Morgan fingerprint density at radius 3 is 2.42 bits per heavy atom. The van der Waals surface area contributed by atoms with Crippen molar-refractivity contribution in [2.75, 3.05) is 6.61 Å². The van der Waals surface area contributed by atoms with Crippen LogP contribution in [0.15, 0.2) is 67.0 Å². The molecule has 0 saturated carbocycles. The lowest BCUT2D eigenvalue weighted by molar-refractivity contribution is -0.154. The molecule has 0 aliphatic rings. The second-order valence-corrected chi connectivity index (χ2v) is 6.59. The predicted octanol–water partition coefficient (Wildman–Crippen LogP) is 3.77. The molecule has 1 N–H and O–H groups in total. The molecular formula is C22H18F3N3O3. The van der Waals surface area contributed by atoms with E-state index in [9.17, 15) is 22.8 Å². The maximum absolute atomic E-state index is 12.3. The Kier molecular flexibility index (Phi) is 6.96. The number of ether oxygens (including phenoxy) is 1. The summed E-state index contributed by atoms with van der Waals surface area (Å²) in [7, 11) is 0. The van der Waals surface area contributed by atoms with E-state index in [-0.39, 0.29) is 30.2 Å². The predicted molar refractivity (Wildman–Crippen MR) is 106 cm³/mol. The monoisotopic (exact) mass is 429 g/mol. The van der Waals surface area contributed by atoms with E-state index in [0.29, 0.717) is 11.3 Å². The van der Waals surface area contributed by atoms with E-state index in [1.807, 2.05) is 6.07 Å². The van der Waals surface area contributed by atoms with E-state index in [2.05, 4.69) is 20.0 Å². The highest BCUT2D eigenvalue weighted by atomic mass is 19.4. The van der Waals surface area contributed by atoms with Gasteiger partial charge in [-0.05, 0) is 23.8 Å². The Balaban J connectivity index is 1.54. The van der Waals surface area contributed by atoms with Gasteiger partial charge in [-0.25, -0.2) is 4.98 Å². The molecule has 0 bridgehead atoms. The van der Waals surface area contributed by atoms with Crippen molar-refractivity contribution in [3.05, 3.63) is 89.4 Å². The molecule has 0 unspecified atom stereocenters. The molecule has 1 aromatic carbocycles. The molecule has 31 heavy (non-hydrogen) atoms. The van der Waals surface area contributed by atoms with Gasteiger partial charge in [0.1, 0.15) is 0 Å². The number of halogens is 3. The van der Waals surface area contributed by atoms with Crippen molar-refractivity contribution in [2.45, 2.75) is 19.1 Å². The number of pyridine rings is 2. The summed E-state index contributed by atoms with van der Waals surface area (Å²) in [6.07, 6.45) is -1.64. The molecule has 0 aliphatic carbocycles. The van der Waals surface area contributed by atoms with Gasteiger partial charge < -0.3 is 10.1 Å². The Labute approximate surface area is 176 Å². The number of hydrogen-bond donors (Lipinski definition) is 1. The van der Waals surface area contributed by atoms with Crippen molar-refractivity contribution >= 4 is 11.7 Å². The number of nitrogens with one attached hydrogen (secondary N) is 1. The summed E-state index contributed by atoms with van der Waals surface area (Å²) in [5.41, 5.74) is 2.09. The maximum atomic E-state index is 12.3. The Hall–Kier alpha value is -3.75. The number of benzene rings is 1. The number of carbonyl (C=O) groups is 2. The molecule has 0 fully saturated rings. The summed E-state index contributed by atoms with van der Waals surface area (Å²) in [6.45, 7) is -1.27. The molecule has 2 heterocycles. The average molecular weight is 429 g/mol. The second-order valence-electron chi connectivity index (χ2n) is 6.59. The van der Waals surface area contributed by atoms with Gasteiger partial charge >= 0.3 is 6.18 Å². The Morgan fingerprint density at radius 1 is 0.968 bits per heavy atom. The van der Waals surface area contributed by atoms with Crippen LogP contribution in [0, 0.1) is 0 Å². The highest BCUT2D eigenvalue weighted by molar-refractivity contribution is 5.97. The van der Waals surface area contributed by atoms with E-state index in [1.54, 1.807) is 42.6 Å². The van der Waals surface area contributed by atoms with Crippen LogP contribution in [0.1, 0.15) is 32.0 Å². The molecule has 0 atom stereocenters. The minimum absolute atomic E-state index is 0.0619. The topological polar surface area (TPSA) is 81.2 Å². The van der Waals surface area contributed by atoms with Crippen LogP contribution in [0.3, 0.4) is 0 Å². The van der Waals surface area contributed by atoms with Crippen molar-refractivity contribution in [1.29, 1.82) is 0 Å². The summed E-state index contributed by atoms with van der Waals surface area (Å²) in [5, 5.41) is 2.69. The minimum atomic E-state index is -4.47. The van der Waals surface area contributed by atoms with E-state index in [4.69, 9.17) is 0 Å². The van der Waals surface area contributed by atoms with E-state index in [0.717, 1.165) is 11.8 Å². The molecule has 6 nitrogen and oxygen atoms in total. The lowest BCUT2D eigenvalue weighted by atomic mass is 10.1. The highest BCUT2D eigenvalue weighted by Gasteiger charge is 2.28. The largest absolute Gasteiger partial charge is 0.468 e. The number of amides is 1. The first-order valence-corrected chi connectivity index (χ1v) is 9.26. The molecule has 0 aliphatic heterocycles. The number of alkyl halides is 3. The molecule has 0 radical (unpaired) electrons. The van der Waals surface area contributed by atoms with E-state index < -0.39 is 18.7 Å². The molecule has 0 spiro atoms. The van der Waals surface area contributed by atoms with Gasteiger partial charge in [0.15, 0.2) is 12.4 Å². The first kappa shape index (κ1) is 21.9. The molecule has 160 valence electrons. The number of ketones is 1. The van der Waals surface area contributed by atoms with Crippen molar-refractivity contribution in [3.63, 3.8) is 0 Å². The van der Waals surface area contributed by atoms with Crippen molar-refractivity contribution in [2.24, 2.45) is 0 Å². The third-order valence-corrected chi connectivity index (χ3v) is 4.15. The van der Waals surface area contributed by atoms with Crippen LogP contribution in [-0.4, -0.2) is 34.4 Å². The zero-order valence-corrected chi connectivity index (χ0v) is 16.2. The summed E-state index contributed by atoms with van der Waals surface area (Å²) in [5.74, 6) is -0.738. The van der Waals surface area contributed by atoms with E-state index >= 15 is 0 Å². The third-order valence-electron chi connectivity index (χ3n) is 4.15. The maximum Gasteiger partial charge on any atom is 0.422 e. The lowest BCUT2D eigenvalue weighted by Gasteiger charge is -2.09. The fraction of sp³-hybridized carbons (Fsp3) is 0.182. The summed E-state index contributed by atoms with van der Waals surface area (Å²) in [4.78, 5) is 32.5. The average Bonchev–Trinajstić information content (AvgIpc) is 2.77. The fourth-order valence-electron chi connectivity index (χ4n) is 2.67. The van der Waals surface area contributed by atoms with E-state index in [1.165, 1.54) is 12.1 Å². The Bertz CT molecular complexity index is 1040. The molecular weight excluding hydrogens is 411 g/mol.